The summed E-state index contributed by atoms with van der Waals surface area (Å²) in [5.74, 6) is 5.01. The molecule has 0 nitrogen and oxygen atoms in total. The second-order valence-electron chi connectivity index (χ2n) is 12.2. The first-order chi connectivity index (χ1) is 21.8. The third-order valence-electron chi connectivity index (χ3n) is 9.37. The van der Waals surface area contributed by atoms with E-state index in [0.29, 0.717) is 7.25 Å². The summed E-state index contributed by atoms with van der Waals surface area (Å²) in [7, 11) is -1.51. The molecule has 4 aromatic carbocycles. The van der Waals surface area contributed by atoms with Gasteiger partial charge in [-0.05, 0) is 0 Å². The van der Waals surface area contributed by atoms with Gasteiger partial charge < -0.3 is 24.8 Å². The summed E-state index contributed by atoms with van der Waals surface area (Å²) in [6, 6.07) is 23.6. The van der Waals surface area contributed by atoms with Crippen molar-refractivity contribution in [3.8, 4) is 22.3 Å². The number of alkyl halides is 6. The van der Waals surface area contributed by atoms with E-state index in [1.54, 1.807) is 24.3 Å². The molecule has 0 saturated carbocycles. The molecule has 0 spiro atoms. The van der Waals surface area contributed by atoms with E-state index in [4.69, 9.17) is 0 Å². The Kier molecular flexibility index (Phi) is 12.1. The Labute approximate surface area is 299 Å². The average Bonchev–Trinajstić information content (AvgIpc) is 3.59. The van der Waals surface area contributed by atoms with E-state index in [1.807, 2.05) is 12.1 Å². The Morgan fingerprint density at radius 1 is 0.562 bits per heavy atom. The topological polar surface area (TPSA) is 0 Å². The molecule has 0 amide bonds. The summed E-state index contributed by atoms with van der Waals surface area (Å²) >= 11 is -2.41. The minimum absolute atomic E-state index is 0. The van der Waals surface area contributed by atoms with Crippen molar-refractivity contribution in [2.45, 2.75) is 57.8 Å². The van der Waals surface area contributed by atoms with Crippen LogP contribution in [0.5, 0.6) is 0 Å². The van der Waals surface area contributed by atoms with Gasteiger partial charge in [0, 0.05) is 0 Å². The van der Waals surface area contributed by atoms with Crippen LogP contribution in [0.3, 0.4) is 0 Å². The van der Waals surface area contributed by atoms with Gasteiger partial charge in [-0.2, -0.15) is 0 Å². The fraction of sp³-hybridized carbons (Fsp3) is 0.263. The maximum absolute atomic E-state index is 13.3. The van der Waals surface area contributed by atoms with Gasteiger partial charge >= 0.3 is 277 Å². The van der Waals surface area contributed by atoms with E-state index in [1.165, 1.54) is 22.3 Å². The SMILES string of the molecule is CCC1=Cc2c(-c3ccc(C(F)(F)F)cc3)cccc2[CH]1[Zr+2]([CH]1C(CC)=Cc2c(-c3ccc(C(F)(F)F)cc3)cccc21)=[Ge]([CH3])[CH3].[Cl-].[Cl-]. The zero-order chi connectivity index (χ0) is 33.0. The zero-order valence-corrected chi connectivity index (χ0v) is 32.9. The molecule has 0 bridgehead atoms. The standard InChI is InChI=1S/2C18H14F3.C2H6Ge.2ClH.Zr/c2*1-2-12-10-14-4-3-5-16(17(14)11-12)13-6-8-15(9-7-13)18(19,20)21;1-3-2;;;/h2*3-11H,2H2,1H3;1-2H3;2*1H;/q;;;;;+2/p-2. The van der Waals surface area contributed by atoms with Crippen LogP contribution < -0.4 is 24.8 Å². The molecule has 48 heavy (non-hydrogen) atoms. The Bertz CT molecular complexity index is 1770. The maximum Gasteiger partial charge on any atom is -1.00 e. The van der Waals surface area contributed by atoms with Gasteiger partial charge in [-0.25, -0.2) is 0 Å². The fourth-order valence-electron chi connectivity index (χ4n) is 7.20. The smallest absolute Gasteiger partial charge is 1.00 e. The summed E-state index contributed by atoms with van der Waals surface area (Å²) in [6.45, 7) is 4.41. The third kappa shape index (κ3) is 7.22. The molecule has 0 saturated heterocycles. The van der Waals surface area contributed by atoms with Crippen molar-refractivity contribution in [1.82, 2.24) is 0 Å². The predicted octanol–water partition coefficient (Wildman–Crippen LogP) is 6.33. The first-order valence-corrected chi connectivity index (χ1v) is 30.0. The van der Waals surface area contributed by atoms with E-state index in [0.717, 1.165) is 70.5 Å². The van der Waals surface area contributed by atoms with Gasteiger partial charge in [0.1, 0.15) is 0 Å². The van der Waals surface area contributed by atoms with Gasteiger partial charge in [0.05, 0.1) is 0 Å². The van der Waals surface area contributed by atoms with Crippen LogP contribution in [-0.2, 0) is 31.0 Å². The van der Waals surface area contributed by atoms with Crippen LogP contribution >= 0.6 is 0 Å². The van der Waals surface area contributed by atoms with E-state index in [9.17, 15) is 26.3 Å². The molecule has 0 N–H and O–H groups in total. The van der Waals surface area contributed by atoms with Gasteiger partial charge in [0.25, 0.3) is 0 Å². The minimum atomic E-state index is -4.38. The summed E-state index contributed by atoms with van der Waals surface area (Å²) in [5, 5.41) is 0. The van der Waals surface area contributed by atoms with Gasteiger partial charge in [0.15, 0.2) is 0 Å². The first-order valence-electron chi connectivity index (χ1n) is 15.5. The molecule has 2 aliphatic carbocycles. The molecule has 250 valence electrons. The predicted molar refractivity (Wildman–Crippen MR) is 173 cm³/mol. The van der Waals surface area contributed by atoms with Gasteiger partial charge in [0.2, 0.25) is 0 Å². The van der Waals surface area contributed by atoms with Crippen molar-refractivity contribution < 1.29 is 69.8 Å². The number of hydrogen-bond acceptors (Lipinski definition) is 0. The second kappa shape index (κ2) is 15.0. The Morgan fingerprint density at radius 2 is 0.917 bits per heavy atom. The summed E-state index contributed by atoms with van der Waals surface area (Å²) in [6.07, 6.45) is -2.29. The van der Waals surface area contributed by atoms with Crippen LogP contribution in [0.15, 0.2) is 96.1 Å². The maximum atomic E-state index is 13.3. The van der Waals surface area contributed by atoms with Crippen LogP contribution in [0, 0.1) is 0 Å². The van der Waals surface area contributed by atoms with Crippen LogP contribution in [-0.4, -0.2) is 9.98 Å². The molecule has 10 heteroatoms. The zero-order valence-electron chi connectivity index (χ0n) is 26.8. The van der Waals surface area contributed by atoms with E-state index in [2.05, 4.69) is 61.8 Å². The normalized spacial score (nSPS) is 16.4. The number of halogens is 8. The van der Waals surface area contributed by atoms with Gasteiger partial charge in [-0.15, -0.1) is 0 Å². The first kappa shape index (κ1) is 38.7. The molecule has 0 heterocycles. The van der Waals surface area contributed by atoms with Crippen molar-refractivity contribution in [2.75, 3.05) is 0 Å². The largest absolute Gasteiger partial charge is 1.00 e. The molecule has 0 aromatic heterocycles. The molecule has 0 fully saturated rings. The van der Waals surface area contributed by atoms with E-state index < -0.39 is 52.1 Å². The summed E-state index contributed by atoms with van der Waals surface area (Å²) in [4.78, 5) is 0. The molecular formula is C38H34Cl2F6GeZr. The summed E-state index contributed by atoms with van der Waals surface area (Å²) < 4.78 is 80.6. The molecule has 0 aliphatic heterocycles. The van der Waals surface area contributed by atoms with Crippen molar-refractivity contribution in [3.05, 3.63) is 129 Å². The van der Waals surface area contributed by atoms with Crippen molar-refractivity contribution >= 4 is 22.1 Å². The molecular weight excluding hydrogens is 805 g/mol. The van der Waals surface area contributed by atoms with Gasteiger partial charge in [-0.1, -0.05) is 0 Å². The molecule has 2 unspecified atom stereocenters. The van der Waals surface area contributed by atoms with Gasteiger partial charge in [-0.3, -0.25) is 0 Å². The number of hydrogen-bond donors (Lipinski definition) is 0. The number of rotatable bonds is 6. The van der Waals surface area contributed by atoms with Crippen molar-refractivity contribution in [2.24, 2.45) is 0 Å². The monoisotopic (exact) mass is 838 g/mol. The second-order valence-corrected chi connectivity index (χ2v) is 41.4. The Morgan fingerprint density at radius 3 is 1.21 bits per heavy atom. The fourth-order valence-corrected chi connectivity index (χ4v) is 39.9. The third-order valence-corrected chi connectivity index (χ3v) is 40.1. The molecule has 2 atom stereocenters. The van der Waals surface area contributed by atoms with Crippen LogP contribution in [0.1, 0.15) is 67.3 Å². The molecule has 0 radical (unpaired) electrons. The quantitative estimate of drug-likeness (QED) is 0.158. The molecule has 2 aliphatic rings. The van der Waals surface area contributed by atoms with Crippen molar-refractivity contribution in [1.29, 1.82) is 0 Å². The van der Waals surface area contributed by atoms with Crippen LogP contribution in [0.2, 0.25) is 11.5 Å². The Hall–Kier alpha value is -2.05. The van der Waals surface area contributed by atoms with Crippen LogP contribution in [0.25, 0.3) is 34.4 Å². The van der Waals surface area contributed by atoms with Crippen molar-refractivity contribution in [3.63, 3.8) is 0 Å². The van der Waals surface area contributed by atoms with Crippen LogP contribution in [0.4, 0.5) is 26.3 Å². The Balaban J connectivity index is 0.00000260. The summed E-state index contributed by atoms with van der Waals surface area (Å²) in [5.41, 5.74) is 9.99. The average molecular weight is 839 g/mol. The molecule has 6 rings (SSSR count). The molecule has 4 aromatic rings. The van der Waals surface area contributed by atoms with E-state index in [-0.39, 0.29) is 24.8 Å². The number of benzene rings is 4. The number of allylic oxidation sites excluding steroid dienone is 2. The van der Waals surface area contributed by atoms with E-state index >= 15 is 0 Å². The number of fused-ring (bicyclic) bond motifs is 2. The minimum Gasteiger partial charge on any atom is -1.00 e.